The molecule has 2 heterocycles. The summed E-state index contributed by atoms with van der Waals surface area (Å²) in [6.45, 7) is 2.16. The van der Waals surface area contributed by atoms with E-state index in [-0.39, 0.29) is 35.9 Å². The zero-order chi connectivity index (χ0) is 33.3. The minimum atomic E-state index is -3.20. The summed E-state index contributed by atoms with van der Waals surface area (Å²) in [5.41, 5.74) is 7.62. The summed E-state index contributed by atoms with van der Waals surface area (Å²) < 4.78 is 56.1. The number of para-hydroxylation sites is 1. The molecule has 6 aromatic carbocycles. The van der Waals surface area contributed by atoms with Crippen molar-refractivity contribution in [3.05, 3.63) is 145 Å². The van der Waals surface area contributed by atoms with Gasteiger partial charge in [0.25, 0.3) is 0 Å². The van der Waals surface area contributed by atoms with Crippen molar-refractivity contribution in [3.63, 3.8) is 0 Å². The smallest absolute Gasteiger partial charge is 0.175 e. The monoisotopic (exact) mass is 579 g/mol. The molecule has 1 N–H and O–H groups in total. The van der Waals surface area contributed by atoms with Crippen LogP contribution < -0.4 is 26.1 Å². The maximum atomic E-state index is 15.5. The first kappa shape index (κ1) is 20.9. The highest BCUT2D eigenvalue weighted by atomic mass is 31.2. The highest BCUT2D eigenvalue weighted by molar-refractivity contribution is 7.86. The van der Waals surface area contributed by atoms with Crippen LogP contribution in [0.15, 0.2) is 145 Å². The van der Waals surface area contributed by atoms with Crippen LogP contribution in [0.4, 0.5) is 17.1 Å². The van der Waals surface area contributed by atoms with Crippen molar-refractivity contribution in [2.45, 2.75) is 19.5 Å². The second-order valence-electron chi connectivity index (χ2n) is 10.9. The Balaban J connectivity index is 1.19. The zero-order valence-electron chi connectivity index (χ0n) is 28.6. The van der Waals surface area contributed by atoms with E-state index in [1.807, 2.05) is 72.8 Å². The van der Waals surface area contributed by atoms with Gasteiger partial charge in [0.15, 0.2) is 7.14 Å². The number of benzene rings is 6. The Bertz CT molecular complexity index is 2260. The van der Waals surface area contributed by atoms with Gasteiger partial charge in [0.1, 0.15) is 6.17 Å². The predicted octanol–water partition coefficient (Wildman–Crippen LogP) is 8.94. The molecular weight excluding hydrogens is 543 g/mol. The third-order valence-corrected chi connectivity index (χ3v) is 11.6. The van der Waals surface area contributed by atoms with Crippen LogP contribution in [0.25, 0.3) is 33.4 Å². The van der Waals surface area contributed by atoms with Crippen LogP contribution in [0.3, 0.4) is 0 Å². The SMILES string of the molecule is [2H]c1c([2H])c([2H])c(-c2ccc(-c3ccc(-c4cc5c6c(c4)P(=O)(c4ccccc4)c4ccccc4N6C(CC)N5)cc3)cc2)c([2H])c1[2H]. The van der Waals surface area contributed by atoms with E-state index >= 15 is 4.57 Å². The summed E-state index contributed by atoms with van der Waals surface area (Å²) >= 11 is 0. The fourth-order valence-corrected chi connectivity index (χ4v) is 9.48. The van der Waals surface area contributed by atoms with Crippen LogP contribution in [0.5, 0.6) is 0 Å². The van der Waals surface area contributed by atoms with Gasteiger partial charge in [-0.15, -0.1) is 0 Å². The van der Waals surface area contributed by atoms with Crippen molar-refractivity contribution in [3.8, 4) is 33.4 Å². The highest BCUT2D eigenvalue weighted by Crippen LogP contribution is 2.57. The van der Waals surface area contributed by atoms with Crippen LogP contribution in [-0.4, -0.2) is 6.17 Å². The van der Waals surface area contributed by atoms with Gasteiger partial charge in [-0.3, -0.25) is 0 Å². The summed E-state index contributed by atoms with van der Waals surface area (Å²) in [7, 11) is -3.20. The summed E-state index contributed by atoms with van der Waals surface area (Å²) in [6, 6.07) is 36.3. The first-order valence-electron chi connectivity index (χ1n) is 17.0. The molecule has 208 valence electrons. The van der Waals surface area contributed by atoms with E-state index in [2.05, 4.69) is 47.5 Å². The molecule has 2 aliphatic heterocycles. The van der Waals surface area contributed by atoms with Crippen LogP contribution in [0, 0.1) is 0 Å². The molecule has 0 saturated carbocycles. The molecule has 2 aliphatic rings. The van der Waals surface area contributed by atoms with Crippen molar-refractivity contribution in [2.75, 3.05) is 10.2 Å². The Kier molecular flexibility index (Phi) is 4.94. The maximum absolute atomic E-state index is 15.5. The van der Waals surface area contributed by atoms with Gasteiger partial charge in [-0.05, 0) is 64.1 Å². The largest absolute Gasteiger partial charge is 0.363 e. The van der Waals surface area contributed by atoms with Crippen molar-refractivity contribution in [2.24, 2.45) is 0 Å². The molecule has 4 heteroatoms. The standard InChI is InChI=1S/C39H31N2OP/c1-2-38-40-34-25-32(31-23-21-30(22-24-31)29-19-17-28(18-20-29)27-11-5-3-6-12-27)26-37-39(34)41(38)35-15-9-10-16-36(35)43(37,42)33-13-7-4-8-14-33/h3-26,38,40H,2H2,1H3/i3D,5D,6D,11D,12D. The van der Waals surface area contributed by atoms with Gasteiger partial charge in [-0.2, -0.15) is 0 Å². The Morgan fingerprint density at radius 1 is 0.674 bits per heavy atom. The molecule has 0 aliphatic carbocycles. The van der Waals surface area contributed by atoms with Gasteiger partial charge in [-0.1, -0.05) is 128 Å². The summed E-state index contributed by atoms with van der Waals surface area (Å²) in [5.74, 6) is 0. The Labute approximate surface area is 259 Å². The molecule has 8 rings (SSSR count). The first-order valence-corrected chi connectivity index (χ1v) is 16.2. The average molecular weight is 580 g/mol. The van der Waals surface area contributed by atoms with Crippen LogP contribution in [0.2, 0.25) is 0 Å². The molecule has 0 spiro atoms. The minimum absolute atomic E-state index is 0.0487. The Hall–Kier alpha value is -4.85. The lowest BCUT2D eigenvalue weighted by Crippen LogP contribution is -2.41. The number of nitrogens with one attached hydrogen (secondary N) is 1. The molecule has 0 bridgehead atoms. The quantitative estimate of drug-likeness (QED) is 0.207. The zero-order valence-corrected chi connectivity index (χ0v) is 24.5. The number of nitrogens with zero attached hydrogens (tertiary/aromatic N) is 1. The second-order valence-corrected chi connectivity index (χ2v) is 13.6. The fourth-order valence-electron chi connectivity index (χ4n) is 6.42. The van der Waals surface area contributed by atoms with Gasteiger partial charge in [0.05, 0.1) is 23.9 Å². The molecule has 0 amide bonds. The van der Waals surface area contributed by atoms with E-state index in [9.17, 15) is 0 Å². The van der Waals surface area contributed by atoms with Crippen molar-refractivity contribution >= 4 is 40.1 Å². The summed E-state index contributed by atoms with van der Waals surface area (Å²) in [6.07, 6.45) is 0.921. The lowest BCUT2D eigenvalue weighted by atomic mass is 9.98. The molecule has 43 heavy (non-hydrogen) atoms. The molecular formula is C39H31N2OP. The van der Waals surface area contributed by atoms with Gasteiger partial charge in [0.2, 0.25) is 0 Å². The second kappa shape index (κ2) is 10.2. The molecule has 2 atom stereocenters. The Morgan fingerprint density at radius 3 is 1.91 bits per heavy atom. The first-order chi connectivity index (χ1) is 23.2. The third kappa shape index (κ3) is 4.07. The predicted molar refractivity (Wildman–Crippen MR) is 182 cm³/mol. The van der Waals surface area contributed by atoms with E-state index in [4.69, 9.17) is 6.85 Å². The summed E-state index contributed by atoms with van der Waals surface area (Å²) in [5, 5.41) is 6.24. The molecule has 3 nitrogen and oxygen atoms in total. The van der Waals surface area contributed by atoms with Crippen LogP contribution in [-0.2, 0) is 4.57 Å². The van der Waals surface area contributed by atoms with Gasteiger partial charge < -0.3 is 14.8 Å². The van der Waals surface area contributed by atoms with Crippen LogP contribution in [0.1, 0.15) is 20.2 Å². The normalized spacial score (nSPS) is 19.7. The topological polar surface area (TPSA) is 32.3 Å². The molecule has 0 fully saturated rings. The number of hydrogen-bond donors (Lipinski definition) is 1. The highest BCUT2D eigenvalue weighted by Gasteiger charge is 2.46. The lowest BCUT2D eigenvalue weighted by molar-refractivity contribution is 0.592. The molecule has 0 aromatic heterocycles. The third-order valence-electron chi connectivity index (χ3n) is 8.52. The molecule has 0 saturated heterocycles. The number of fused-ring (bicyclic) bond motifs is 2. The van der Waals surface area contributed by atoms with Gasteiger partial charge in [0, 0.05) is 15.9 Å². The van der Waals surface area contributed by atoms with Gasteiger partial charge >= 0.3 is 0 Å². The fraction of sp³-hybridized carbons (Fsp3) is 0.0769. The van der Waals surface area contributed by atoms with Crippen molar-refractivity contribution in [1.82, 2.24) is 0 Å². The maximum Gasteiger partial charge on any atom is 0.175 e. The van der Waals surface area contributed by atoms with E-state index in [0.29, 0.717) is 5.56 Å². The van der Waals surface area contributed by atoms with E-state index in [0.717, 1.165) is 61.7 Å². The van der Waals surface area contributed by atoms with Crippen molar-refractivity contribution in [1.29, 1.82) is 0 Å². The average Bonchev–Trinajstić information content (AvgIpc) is 3.52. The minimum Gasteiger partial charge on any atom is -0.363 e. The van der Waals surface area contributed by atoms with E-state index < -0.39 is 13.2 Å². The Morgan fingerprint density at radius 2 is 1.26 bits per heavy atom. The van der Waals surface area contributed by atoms with Crippen molar-refractivity contribution < 1.29 is 11.4 Å². The lowest BCUT2D eigenvalue weighted by Gasteiger charge is -2.37. The molecule has 6 aromatic rings. The number of rotatable bonds is 5. The van der Waals surface area contributed by atoms with Crippen LogP contribution >= 0.6 is 7.14 Å². The summed E-state index contributed by atoms with van der Waals surface area (Å²) in [4.78, 5) is 2.32. The van der Waals surface area contributed by atoms with E-state index in [1.165, 1.54) is 0 Å². The molecule has 0 radical (unpaired) electrons. The number of anilines is 3. The van der Waals surface area contributed by atoms with Gasteiger partial charge in [-0.25, -0.2) is 0 Å². The molecule has 2 unspecified atom stereocenters. The number of hydrogen-bond acceptors (Lipinski definition) is 3. The van der Waals surface area contributed by atoms with E-state index in [1.54, 1.807) is 12.1 Å².